The van der Waals surface area contributed by atoms with E-state index >= 15 is 0 Å². The third-order valence-electron chi connectivity index (χ3n) is 5.47. The van der Waals surface area contributed by atoms with Crippen molar-refractivity contribution in [2.24, 2.45) is 5.92 Å². The summed E-state index contributed by atoms with van der Waals surface area (Å²) in [7, 11) is -3.54. The molecule has 1 fully saturated rings. The van der Waals surface area contributed by atoms with Crippen molar-refractivity contribution in [3.8, 4) is 0 Å². The predicted octanol–water partition coefficient (Wildman–Crippen LogP) is 3.21. The highest BCUT2D eigenvalue weighted by atomic mass is 32.2. The average Bonchev–Trinajstić information content (AvgIpc) is 3.44. The van der Waals surface area contributed by atoms with Crippen molar-refractivity contribution in [3.05, 3.63) is 59.2 Å². The summed E-state index contributed by atoms with van der Waals surface area (Å²) in [4.78, 5) is 14.5. The van der Waals surface area contributed by atoms with Crippen molar-refractivity contribution in [2.75, 3.05) is 18.0 Å². The fourth-order valence-electron chi connectivity index (χ4n) is 3.77. The Hall–Kier alpha value is -2.18. The molecule has 1 heterocycles. The zero-order valence-corrected chi connectivity index (χ0v) is 17.0. The van der Waals surface area contributed by atoms with Gasteiger partial charge in [-0.15, -0.1) is 0 Å². The molecule has 0 aromatic heterocycles. The Labute approximate surface area is 166 Å². The molecule has 1 aliphatic heterocycles. The van der Waals surface area contributed by atoms with Crippen molar-refractivity contribution in [3.63, 3.8) is 0 Å². The number of fused-ring (bicyclic) bond motifs is 1. The molecule has 0 bridgehead atoms. The number of hydrogen-bond acceptors (Lipinski definition) is 3. The maximum atomic E-state index is 12.6. The van der Waals surface area contributed by atoms with Gasteiger partial charge in [-0.3, -0.25) is 4.79 Å². The molecule has 148 valence electrons. The monoisotopic (exact) mass is 398 g/mol. The van der Waals surface area contributed by atoms with E-state index in [0.717, 1.165) is 36.9 Å². The Balaban J connectivity index is 1.37. The van der Waals surface area contributed by atoms with Gasteiger partial charge in [0.05, 0.1) is 4.90 Å². The molecule has 2 aromatic rings. The lowest BCUT2D eigenvalue weighted by atomic mass is 10.1. The number of amides is 1. The number of benzene rings is 2. The first-order valence-electron chi connectivity index (χ1n) is 9.93. The third kappa shape index (κ3) is 4.13. The van der Waals surface area contributed by atoms with Gasteiger partial charge in [0.25, 0.3) is 0 Å². The van der Waals surface area contributed by atoms with E-state index in [0.29, 0.717) is 19.5 Å². The maximum Gasteiger partial charge on any atom is 0.240 e. The quantitative estimate of drug-likeness (QED) is 0.729. The molecule has 4 rings (SSSR count). The zero-order chi connectivity index (χ0) is 19.7. The number of nitrogens with one attached hydrogen (secondary N) is 1. The van der Waals surface area contributed by atoms with E-state index in [9.17, 15) is 13.2 Å². The minimum atomic E-state index is -3.54. The van der Waals surface area contributed by atoms with Crippen LogP contribution in [0.5, 0.6) is 0 Å². The Kier molecular flexibility index (Phi) is 5.25. The molecule has 1 aliphatic carbocycles. The number of aryl methyl sites for hydroxylation is 2. The van der Waals surface area contributed by atoms with Gasteiger partial charge in [-0.05, 0) is 68.4 Å². The molecule has 2 aliphatic rings. The van der Waals surface area contributed by atoms with Crippen molar-refractivity contribution in [1.82, 2.24) is 4.72 Å². The minimum absolute atomic E-state index is 0.171. The van der Waals surface area contributed by atoms with E-state index in [1.807, 2.05) is 11.0 Å². The molecule has 5 nitrogen and oxygen atoms in total. The van der Waals surface area contributed by atoms with Crippen LogP contribution >= 0.6 is 0 Å². The van der Waals surface area contributed by atoms with E-state index < -0.39 is 10.0 Å². The summed E-state index contributed by atoms with van der Waals surface area (Å²) < 4.78 is 28.0. The highest BCUT2D eigenvalue weighted by molar-refractivity contribution is 7.89. The normalized spacial score (nSPS) is 16.2. The third-order valence-corrected chi connectivity index (χ3v) is 6.92. The number of sulfonamides is 1. The summed E-state index contributed by atoms with van der Waals surface area (Å²) in [5, 5.41) is 0. The van der Waals surface area contributed by atoms with Crippen molar-refractivity contribution in [1.29, 1.82) is 0 Å². The largest absolute Gasteiger partial charge is 0.312 e. The van der Waals surface area contributed by atoms with Crippen LogP contribution in [-0.4, -0.2) is 27.4 Å². The first-order valence-corrected chi connectivity index (χ1v) is 11.4. The number of rotatable bonds is 7. The SMILES string of the molecule is Cc1cccc(CCCNS(=O)(=O)c2ccc3c(c2)CCN3C(=O)C2CC2)c1. The van der Waals surface area contributed by atoms with Gasteiger partial charge in [-0.1, -0.05) is 29.8 Å². The van der Waals surface area contributed by atoms with E-state index in [1.54, 1.807) is 18.2 Å². The second kappa shape index (κ2) is 7.68. The Bertz CT molecular complexity index is 997. The molecule has 0 saturated heterocycles. The Morgan fingerprint density at radius 2 is 2.00 bits per heavy atom. The first kappa shape index (κ1) is 19.2. The van der Waals surface area contributed by atoms with Gasteiger partial charge in [-0.2, -0.15) is 0 Å². The molecule has 0 spiro atoms. The molecule has 1 saturated carbocycles. The highest BCUT2D eigenvalue weighted by Gasteiger charge is 2.36. The van der Waals surface area contributed by atoms with Gasteiger partial charge in [0.1, 0.15) is 0 Å². The molecule has 28 heavy (non-hydrogen) atoms. The second-order valence-electron chi connectivity index (χ2n) is 7.80. The van der Waals surface area contributed by atoms with Crippen molar-refractivity contribution < 1.29 is 13.2 Å². The van der Waals surface area contributed by atoms with Gasteiger partial charge < -0.3 is 4.90 Å². The van der Waals surface area contributed by atoms with Gasteiger partial charge in [-0.25, -0.2) is 13.1 Å². The predicted molar refractivity (Wildman–Crippen MR) is 110 cm³/mol. The van der Waals surface area contributed by atoms with Crippen LogP contribution in [0.1, 0.15) is 36.0 Å². The second-order valence-corrected chi connectivity index (χ2v) is 9.56. The summed E-state index contributed by atoms with van der Waals surface area (Å²) in [5.41, 5.74) is 4.24. The molecule has 1 amide bonds. The van der Waals surface area contributed by atoms with Crippen LogP contribution in [0.3, 0.4) is 0 Å². The summed E-state index contributed by atoms with van der Waals surface area (Å²) >= 11 is 0. The summed E-state index contributed by atoms with van der Waals surface area (Å²) in [6.07, 6.45) is 4.25. The molecular formula is C22H26N2O3S. The van der Waals surface area contributed by atoms with Gasteiger partial charge in [0.15, 0.2) is 0 Å². The van der Waals surface area contributed by atoms with Gasteiger partial charge in [0.2, 0.25) is 15.9 Å². The molecule has 6 heteroatoms. The zero-order valence-electron chi connectivity index (χ0n) is 16.1. The average molecular weight is 399 g/mol. The lowest BCUT2D eigenvalue weighted by Crippen LogP contribution is -2.30. The molecule has 0 atom stereocenters. The first-order chi connectivity index (χ1) is 13.4. The van der Waals surface area contributed by atoms with E-state index in [1.165, 1.54) is 11.1 Å². The smallest absolute Gasteiger partial charge is 0.240 e. The van der Waals surface area contributed by atoms with Crippen LogP contribution in [0, 0.1) is 12.8 Å². The number of hydrogen-bond donors (Lipinski definition) is 1. The topological polar surface area (TPSA) is 66.5 Å². The lowest BCUT2D eigenvalue weighted by Gasteiger charge is -2.17. The van der Waals surface area contributed by atoms with E-state index in [-0.39, 0.29) is 16.7 Å². The van der Waals surface area contributed by atoms with Gasteiger partial charge >= 0.3 is 0 Å². The van der Waals surface area contributed by atoms with Crippen LogP contribution in [0.15, 0.2) is 47.4 Å². The molecule has 1 N–H and O–H groups in total. The maximum absolute atomic E-state index is 12.6. The standard InChI is InChI=1S/C22H26N2O3S/c1-16-4-2-5-17(14-16)6-3-12-23-28(26,27)20-9-10-21-19(15-20)11-13-24(21)22(25)18-7-8-18/h2,4-5,9-10,14-15,18,23H,3,6-8,11-13H2,1H3. The molecule has 2 aromatic carbocycles. The minimum Gasteiger partial charge on any atom is -0.312 e. The van der Waals surface area contributed by atoms with E-state index in [2.05, 4.69) is 29.8 Å². The van der Waals surface area contributed by atoms with E-state index in [4.69, 9.17) is 0 Å². The summed E-state index contributed by atoms with van der Waals surface area (Å²) in [6, 6.07) is 13.4. The number of carbonyl (C=O) groups is 1. The Morgan fingerprint density at radius 1 is 1.18 bits per heavy atom. The van der Waals surface area contributed by atoms with Crippen molar-refractivity contribution in [2.45, 2.75) is 43.9 Å². The number of anilines is 1. The molecule has 0 radical (unpaired) electrons. The Morgan fingerprint density at radius 3 is 2.75 bits per heavy atom. The molecule has 0 unspecified atom stereocenters. The summed E-state index contributed by atoms with van der Waals surface area (Å²) in [6.45, 7) is 3.11. The van der Waals surface area contributed by atoms with Crippen LogP contribution in [0.25, 0.3) is 0 Å². The van der Waals surface area contributed by atoms with Crippen LogP contribution in [-0.2, 0) is 27.7 Å². The van der Waals surface area contributed by atoms with Crippen LogP contribution in [0.4, 0.5) is 5.69 Å². The van der Waals surface area contributed by atoms with Crippen LogP contribution in [0.2, 0.25) is 0 Å². The molecular weight excluding hydrogens is 372 g/mol. The highest BCUT2D eigenvalue weighted by Crippen LogP contribution is 2.37. The lowest BCUT2D eigenvalue weighted by molar-refractivity contribution is -0.119. The van der Waals surface area contributed by atoms with Gasteiger partial charge in [0, 0.05) is 24.7 Å². The fraction of sp³-hybridized carbons (Fsp3) is 0.409. The summed E-state index contributed by atoms with van der Waals surface area (Å²) in [5.74, 6) is 0.355. The number of nitrogens with zero attached hydrogens (tertiary/aromatic N) is 1. The van der Waals surface area contributed by atoms with Crippen LogP contribution < -0.4 is 9.62 Å². The fourth-order valence-corrected chi connectivity index (χ4v) is 4.90. The number of carbonyl (C=O) groups excluding carboxylic acids is 1. The van der Waals surface area contributed by atoms with Crippen molar-refractivity contribution >= 4 is 21.6 Å².